The molecule has 2 N–H and O–H groups in total. The van der Waals surface area contributed by atoms with E-state index in [4.69, 9.17) is 4.74 Å². The van der Waals surface area contributed by atoms with Gasteiger partial charge in [-0.15, -0.1) is 0 Å². The van der Waals surface area contributed by atoms with Crippen LogP contribution in [0.1, 0.15) is 38.8 Å². The molecule has 0 fully saturated rings. The number of anilines is 2. The highest BCUT2D eigenvalue weighted by atomic mass is 16.5. The van der Waals surface area contributed by atoms with Crippen LogP contribution in [0.25, 0.3) is 0 Å². The first kappa shape index (κ1) is 20.1. The number of carbonyl (C=O) groups excluding carboxylic acids is 2. The molecule has 1 heterocycles. The molecule has 0 bridgehead atoms. The summed E-state index contributed by atoms with van der Waals surface area (Å²) in [6.07, 6.45) is 2.86. The van der Waals surface area contributed by atoms with Gasteiger partial charge >= 0.3 is 0 Å². The Hall–Kier alpha value is -3.67. The highest BCUT2D eigenvalue weighted by Gasteiger charge is 2.14. The Morgan fingerprint density at radius 3 is 2.21 bits per heavy atom. The van der Waals surface area contributed by atoms with Gasteiger partial charge in [0.25, 0.3) is 11.8 Å². The lowest BCUT2D eigenvalue weighted by Crippen LogP contribution is -2.17. The Bertz CT molecular complexity index is 1050. The molecule has 1 aromatic heterocycles. The van der Waals surface area contributed by atoms with Crippen molar-refractivity contribution in [2.45, 2.75) is 20.8 Å². The lowest BCUT2D eigenvalue weighted by Gasteiger charge is -2.12. The highest BCUT2D eigenvalue weighted by molar-refractivity contribution is 6.08. The Morgan fingerprint density at radius 1 is 0.897 bits per heavy atom. The van der Waals surface area contributed by atoms with Crippen molar-refractivity contribution in [1.82, 2.24) is 4.98 Å². The summed E-state index contributed by atoms with van der Waals surface area (Å²) in [6.45, 7) is 6.29. The van der Waals surface area contributed by atoms with Crippen LogP contribution >= 0.6 is 0 Å². The van der Waals surface area contributed by atoms with Gasteiger partial charge in [-0.1, -0.05) is 29.8 Å². The van der Waals surface area contributed by atoms with Crippen molar-refractivity contribution >= 4 is 23.2 Å². The summed E-state index contributed by atoms with van der Waals surface area (Å²) in [6, 6.07) is 14.5. The second-order valence-electron chi connectivity index (χ2n) is 6.62. The molecule has 0 saturated heterocycles. The molecule has 29 heavy (non-hydrogen) atoms. The van der Waals surface area contributed by atoms with Gasteiger partial charge in [0.2, 0.25) is 0 Å². The molecule has 0 atom stereocenters. The quantitative estimate of drug-likeness (QED) is 0.646. The number of nitrogens with zero attached hydrogens (tertiary/aromatic N) is 1. The molecular weight excluding hydrogens is 366 g/mol. The first-order chi connectivity index (χ1) is 14.0. The molecule has 148 valence electrons. The van der Waals surface area contributed by atoms with Crippen LogP contribution in [0.3, 0.4) is 0 Å². The van der Waals surface area contributed by atoms with Crippen molar-refractivity contribution < 1.29 is 14.3 Å². The van der Waals surface area contributed by atoms with Crippen LogP contribution in [0.2, 0.25) is 0 Å². The molecule has 2 aromatic carbocycles. The summed E-state index contributed by atoms with van der Waals surface area (Å²) in [5.74, 6) is -0.111. The maximum Gasteiger partial charge on any atom is 0.257 e. The molecule has 0 radical (unpaired) electrons. The maximum absolute atomic E-state index is 12.7. The summed E-state index contributed by atoms with van der Waals surface area (Å²) < 4.78 is 5.53. The second-order valence-corrected chi connectivity index (χ2v) is 6.62. The predicted molar refractivity (Wildman–Crippen MR) is 114 cm³/mol. The van der Waals surface area contributed by atoms with E-state index in [-0.39, 0.29) is 17.4 Å². The van der Waals surface area contributed by atoms with E-state index in [0.717, 1.165) is 16.8 Å². The summed E-state index contributed by atoms with van der Waals surface area (Å²) in [4.78, 5) is 29.3. The highest BCUT2D eigenvalue weighted by Crippen LogP contribution is 2.24. The Kier molecular flexibility index (Phi) is 6.24. The van der Waals surface area contributed by atoms with Crippen molar-refractivity contribution in [2.75, 3.05) is 17.2 Å². The monoisotopic (exact) mass is 389 g/mol. The fourth-order valence-corrected chi connectivity index (χ4v) is 2.88. The van der Waals surface area contributed by atoms with E-state index in [2.05, 4.69) is 15.6 Å². The molecule has 0 saturated carbocycles. The minimum atomic E-state index is -0.370. The minimum Gasteiger partial charge on any atom is -0.492 e. The standard InChI is InChI=1S/C23H23N3O3/c1-4-29-21-8-6-5-7-20(21)26-23(28)18-12-17(13-24-14-18)22(27)25-19-10-9-15(2)11-16(19)3/h5-14H,4H2,1-3H3,(H,25,27)(H,26,28). The number of aromatic nitrogens is 1. The van der Waals surface area contributed by atoms with Gasteiger partial charge in [0.1, 0.15) is 5.75 Å². The number of hydrogen-bond donors (Lipinski definition) is 2. The maximum atomic E-state index is 12.7. The molecule has 0 unspecified atom stereocenters. The number of hydrogen-bond acceptors (Lipinski definition) is 4. The van der Waals surface area contributed by atoms with Gasteiger partial charge in [-0.25, -0.2) is 0 Å². The van der Waals surface area contributed by atoms with Crippen molar-refractivity contribution in [3.8, 4) is 5.75 Å². The van der Waals surface area contributed by atoms with E-state index >= 15 is 0 Å². The van der Waals surface area contributed by atoms with Gasteiger partial charge in [0, 0.05) is 18.1 Å². The van der Waals surface area contributed by atoms with Gasteiger partial charge in [-0.2, -0.15) is 0 Å². The normalized spacial score (nSPS) is 10.3. The van der Waals surface area contributed by atoms with Gasteiger partial charge in [0.05, 0.1) is 23.4 Å². The zero-order valence-corrected chi connectivity index (χ0v) is 16.7. The van der Waals surface area contributed by atoms with E-state index in [1.54, 1.807) is 12.1 Å². The third-order valence-corrected chi connectivity index (χ3v) is 4.33. The van der Waals surface area contributed by atoms with Crippen LogP contribution in [-0.2, 0) is 0 Å². The fourth-order valence-electron chi connectivity index (χ4n) is 2.88. The molecule has 6 heteroatoms. The van der Waals surface area contributed by atoms with Crippen molar-refractivity contribution in [1.29, 1.82) is 0 Å². The zero-order valence-electron chi connectivity index (χ0n) is 16.7. The molecule has 0 aliphatic rings. The summed E-state index contributed by atoms with van der Waals surface area (Å²) in [7, 11) is 0. The van der Waals surface area contributed by atoms with Crippen LogP contribution in [-0.4, -0.2) is 23.4 Å². The number of pyridine rings is 1. The van der Waals surface area contributed by atoms with Crippen LogP contribution in [0.5, 0.6) is 5.75 Å². The lowest BCUT2D eigenvalue weighted by atomic mass is 10.1. The Morgan fingerprint density at radius 2 is 1.55 bits per heavy atom. The number of rotatable bonds is 6. The van der Waals surface area contributed by atoms with Gasteiger partial charge < -0.3 is 15.4 Å². The number of ether oxygens (including phenoxy) is 1. The van der Waals surface area contributed by atoms with E-state index in [9.17, 15) is 9.59 Å². The topological polar surface area (TPSA) is 80.3 Å². The molecule has 3 rings (SSSR count). The number of para-hydroxylation sites is 2. The summed E-state index contributed by atoms with van der Waals surface area (Å²) in [5.41, 5.74) is 3.95. The van der Waals surface area contributed by atoms with Gasteiger partial charge in [0.15, 0.2) is 0 Å². The number of amides is 2. The van der Waals surface area contributed by atoms with Crippen LogP contribution < -0.4 is 15.4 Å². The molecule has 6 nitrogen and oxygen atoms in total. The molecular formula is C23H23N3O3. The Balaban J connectivity index is 1.76. The first-order valence-electron chi connectivity index (χ1n) is 9.34. The lowest BCUT2D eigenvalue weighted by molar-refractivity contribution is 0.102. The average Bonchev–Trinajstić information content (AvgIpc) is 2.71. The largest absolute Gasteiger partial charge is 0.492 e. The third-order valence-electron chi connectivity index (χ3n) is 4.33. The zero-order chi connectivity index (χ0) is 20.8. The number of aryl methyl sites for hydroxylation is 2. The first-order valence-corrected chi connectivity index (χ1v) is 9.34. The van der Waals surface area contributed by atoms with Crippen LogP contribution in [0.4, 0.5) is 11.4 Å². The van der Waals surface area contributed by atoms with E-state index in [1.165, 1.54) is 18.5 Å². The van der Waals surface area contributed by atoms with E-state index in [0.29, 0.717) is 23.6 Å². The molecule has 0 spiro atoms. The molecule has 0 aliphatic heterocycles. The van der Waals surface area contributed by atoms with Gasteiger partial charge in [-0.05, 0) is 50.6 Å². The number of nitrogens with one attached hydrogen (secondary N) is 2. The van der Waals surface area contributed by atoms with Crippen molar-refractivity contribution in [2.24, 2.45) is 0 Å². The fraction of sp³-hybridized carbons (Fsp3) is 0.174. The molecule has 3 aromatic rings. The van der Waals surface area contributed by atoms with E-state index in [1.807, 2.05) is 51.1 Å². The molecule has 0 aliphatic carbocycles. The van der Waals surface area contributed by atoms with Crippen LogP contribution in [0.15, 0.2) is 60.9 Å². The number of benzene rings is 2. The third kappa shape index (κ3) is 4.99. The smallest absolute Gasteiger partial charge is 0.257 e. The predicted octanol–water partition coefficient (Wildman–Crippen LogP) is 4.60. The van der Waals surface area contributed by atoms with E-state index < -0.39 is 0 Å². The van der Waals surface area contributed by atoms with Crippen molar-refractivity contribution in [3.05, 3.63) is 83.2 Å². The summed E-state index contributed by atoms with van der Waals surface area (Å²) >= 11 is 0. The second kappa shape index (κ2) is 9.01. The average molecular weight is 389 g/mol. The minimum absolute atomic E-state index is 0.282. The van der Waals surface area contributed by atoms with Gasteiger partial charge in [-0.3, -0.25) is 14.6 Å². The van der Waals surface area contributed by atoms with Crippen LogP contribution in [0, 0.1) is 13.8 Å². The van der Waals surface area contributed by atoms with Crippen molar-refractivity contribution in [3.63, 3.8) is 0 Å². The Labute approximate surface area is 169 Å². The SMILES string of the molecule is CCOc1ccccc1NC(=O)c1cncc(C(=O)Nc2ccc(C)cc2C)c1. The molecule has 2 amide bonds. The summed E-state index contributed by atoms with van der Waals surface area (Å²) in [5, 5.41) is 5.67. The number of carbonyl (C=O) groups is 2.